The summed E-state index contributed by atoms with van der Waals surface area (Å²) in [6.07, 6.45) is -10.2. The Kier molecular flexibility index (Phi) is 4.73. The van der Waals surface area contributed by atoms with E-state index in [1.54, 1.807) is 5.32 Å². The minimum atomic E-state index is -5.09. The molecular formula is C12H9F6NO3. The molecule has 1 rings (SSSR count). The van der Waals surface area contributed by atoms with Crippen molar-refractivity contribution < 1.29 is 41.0 Å². The van der Waals surface area contributed by atoms with Gasteiger partial charge in [-0.15, -0.1) is 0 Å². The molecule has 0 radical (unpaired) electrons. The molecule has 0 spiro atoms. The Bertz CT molecular complexity index is 561. The molecule has 2 N–H and O–H groups in total. The summed E-state index contributed by atoms with van der Waals surface area (Å²) in [5, 5.41) is 10.4. The van der Waals surface area contributed by atoms with E-state index >= 15 is 0 Å². The van der Waals surface area contributed by atoms with E-state index in [0.717, 1.165) is 6.92 Å². The fourth-order valence-electron chi connectivity index (χ4n) is 1.43. The average molecular weight is 329 g/mol. The molecule has 1 atom stereocenters. The van der Waals surface area contributed by atoms with Gasteiger partial charge in [-0.25, -0.2) is 0 Å². The average Bonchev–Trinajstić information content (AvgIpc) is 2.35. The third kappa shape index (κ3) is 4.37. The van der Waals surface area contributed by atoms with Crippen molar-refractivity contribution in [2.75, 3.05) is 0 Å². The topological polar surface area (TPSA) is 66.4 Å². The largest absolute Gasteiger partial charge is 0.480 e. The Morgan fingerprint density at radius 2 is 1.41 bits per heavy atom. The predicted octanol–water partition coefficient (Wildman–Crippen LogP) is 2.93. The second-order valence-electron chi connectivity index (χ2n) is 4.33. The highest BCUT2D eigenvalue weighted by Gasteiger charge is 2.37. The van der Waals surface area contributed by atoms with Gasteiger partial charge >= 0.3 is 18.3 Å². The van der Waals surface area contributed by atoms with Crippen LogP contribution in [0, 0.1) is 0 Å². The number of carboxylic acid groups (broad SMARTS) is 1. The van der Waals surface area contributed by atoms with Gasteiger partial charge in [0.1, 0.15) is 6.04 Å². The number of halogens is 6. The van der Waals surface area contributed by atoms with Crippen molar-refractivity contribution >= 4 is 11.9 Å². The van der Waals surface area contributed by atoms with Gasteiger partial charge in [-0.1, -0.05) is 0 Å². The number of alkyl halides is 6. The SMILES string of the molecule is C[C@@H](NC(=O)c1cc(C(F)(F)F)cc(C(F)(F)F)c1)C(=O)O. The lowest BCUT2D eigenvalue weighted by molar-refractivity contribution is -0.143. The molecule has 10 heteroatoms. The van der Waals surface area contributed by atoms with Crippen molar-refractivity contribution in [2.24, 2.45) is 0 Å². The fourth-order valence-corrected chi connectivity index (χ4v) is 1.43. The zero-order valence-electron chi connectivity index (χ0n) is 10.8. The smallest absolute Gasteiger partial charge is 0.416 e. The maximum absolute atomic E-state index is 12.6. The van der Waals surface area contributed by atoms with Crippen LogP contribution in [-0.4, -0.2) is 23.0 Å². The summed E-state index contributed by atoms with van der Waals surface area (Å²) < 4.78 is 75.6. The molecule has 0 saturated carbocycles. The normalized spacial score (nSPS) is 13.6. The molecule has 1 aromatic rings. The lowest BCUT2D eigenvalue weighted by atomic mass is 10.0. The first-order valence-corrected chi connectivity index (χ1v) is 5.65. The summed E-state index contributed by atoms with van der Waals surface area (Å²) in [7, 11) is 0. The van der Waals surface area contributed by atoms with E-state index < -0.39 is 47.0 Å². The molecule has 0 fully saturated rings. The Morgan fingerprint density at radius 3 is 1.73 bits per heavy atom. The molecule has 1 aromatic carbocycles. The zero-order chi connectivity index (χ0) is 17.3. The molecule has 122 valence electrons. The van der Waals surface area contributed by atoms with Crippen molar-refractivity contribution in [1.29, 1.82) is 0 Å². The quantitative estimate of drug-likeness (QED) is 0.838. The van der Waals surface area contributed by atoms with Crippen LogP contribution in [0.3, 0.4) is 0 Å². The van der Waals surface area contributed by atoms with Crippen molar-refractivity contribution in [1.82, 2.24) is 5.32 Å². The first-order chi connectivity index (χ1) is 9.82. The summed E-state index contributed by atoms with van der Waals surface area (Å²) in [4.78, 5) is 22.2. The van der Waals surface area contributed by atoms with Crippen LogP contribution in [0.5, 0.6) is 0 Å². The Labute approximate surface area is 119 Å². The molecule has 0 bridgehead atoms. The number of benzene rings is 1. The fraction of sp³-hybridized carbons (Fsp3) is 0.333. The standard InChI is InChI=1S/C12H9F6NO3/c1-5(10(21)22)19-9(20)6-2-7(11(13,14)15)4-8(3-6)12(16,17)18/h2-5H,1H3,(H,19,20)(H,21,22)/t5-/m1/s1. The molecule has 0 saturated heterocycles. The summed E-state index contributed by atoms with van der Waals surface area (Å²) in [5.41, 5.74) is -4.25. The van der Waals surface area contributed by atoms with Crippen LogP contribution in [0.2, 0.25) is 0 Å². The maximum atomic E-state index is 12.6. The van der Waals surface area contributed by atoms with Gasteiger partial charge in [0.15, 0.2) is 0 Å². The van der Waals surface area contributed by atoms with E-state index in [1.807, 2.05) is 0 Å². The van der Waals surface area contributed by atoms with Gasteiger partial charge in [0.25, 0.3) is 5.91 Å². The third-order valence-corrected chi connectivity index (χ3v) is 2.57. The van der Waals surface area contributed by atoms with Crippen molar-refractivity contribution in [3.05, 3.63) is 34.9 Å². The predicted molar refractivity (Wildman–Crippen MR) is 61.0 cm³/mol. The number of carbonyl (C=O) groups is 2. The number of hydrogen-bond donors (Lipinski definition) is 2. The van der Waals surface area contributed by atoms with Crippen LogP contribution in [0.15, 0.2) is 18.2 Å². The van der Waals surface area contributed by atoms with Gasteiger partial charge in [0, 0.05) is 5.56 Å². The van der Waals surface area contributed by atoms with Crippen molar-refractivity contribution in [2.45, 2.75) is 25.3 Å². The number of hydrogen-bond acceptors (Lipinski definition) is 2. The third-order valence-electron chi connectivity index (χ3n) is 2.57. The van der Waals surface area contributed by atoms with Gasteiger partial charge in [0.2, 0.25) is 0 Å². The molecule has 0 aliphatic heterocycles. The molecule has 0 unspecified atom stereocenters. The molecule has 4 nitrogen and oxygen atoms in total. The minimum absolute atomic E-state index is 0.128. The van der Waals surface area contributed by atoms with E-state index in [4.69, 9.17) is 5.11 Å². The van der Waals surface area contributed by atoms with E-state index in [2.05, 4.69) is 0 Å². The molecule has 1 amide bonds. The maximum Gasteiger partial charge on any atom is 0.416 e. The number of amides is 1. The van der Waals surface area contributed by atoms with Crippen LogP contribution in [0.4, 0.5) is 26.3 Å². The van der Waals surface area contributed by atoms with Gasteiger partial charge in [-0.2, -0.15) is 26.3 Å². The Morgan fingerprint density at radius 1 is 1.00 bits per heavy atom. The van der Waals surface area contributed by atoms with Crippen LogP contribution >= 0.6 is 0 Å². The highest BCUT2D eigenvalue weighted by molar-refractivity contribution is 5.96. The molecule has 22 heavy (non-hydrogen) atoms. The number of carbonyl (C=O) groups excluding carboxylic acids is 1. The molecule has 0 aromatic heterocycles. The van der Waals surface area contributed by atoms with Crippen LogP contribution in [0.1, 0.15) is 28.4 Å². The monoisotopic (exact) mass is 329 g/mol. The van der Waals surface area contributed by atoms with Crippen molar-refractivity contribution in [3.63, 3.8) is 0 Å². The van der Waals surface area contributed by atoms with Crippen LogP contribution in [-0.2, 0) is 17.1 Å². The first kappa shape index (κ1) is 17.8. The number of nitrogens with one attached hydrogen (secondary N) is 1. The summed E-state index contributed by atoms with van der Waals surface area (Å²) in [6, 6.07) is -1.16. The van der Waals surface area contributed by atoms with E-state index in [1.165, 1.54) is 0 Å². The number of aliphatic carboxylic acids is 1. The second-order valence-corrected chi connectivity index (χ2v) is 4.33. The van der Waals surface area contributed by atoms with Gasteiger partial charge in [-0.3, -0.25) is 9.59 Å². The molecule has 0 aliphatic carbocycles. The molecule has 0 heterocycles. The van der Waals surface area contributed by atoms with E-state index in [0.29, 0.717) is 0 Å². The highest BCUT2D eigenvalue weighted by atomic mass is 19.4. The van der Waals surface area contributed by atoms with Crippen LogP contribution in [0.25, 0.3) is 0 Å². The van der Waals surface area contributed by atoms with E-state index in [-0.39, 0.29) is 18.2 Å². The molecular weight excluding hydrogens is 320 g/mol. The number of rotatable bonds is 3. The summed E-state index contributed by atoms with van der Waals surface area (Å²) >= 11 is 0. The second kappa shape index (κ2) is 5.85. The highest BCUT2D eigenvalue weighted by Crippen LogP contribution is 2.36. The number of carboxylic acids is 1. The lowest BCUT2D eigenvalue weighted by Gasteiger charge is -2.15. The summed E-state index contributed by atoms with van der Waals surface area (Å²) in [5.74, 6) is -2.84. The first-order valence-electron chi connectivity index (χ1n) is 5.65. The van der Waals surface area contributed by atoms with Crippen molar-refractivity contribution in [3.8, 4) is 0 Å². The minimum Gasteiger partial charge on any atom is -0.480 e. The Hall–Kier alpha value is -2.26. The molecule has 0 aliphatic rings. The summed E-state index contributed by atoms with van der Waals surface area (Å²) in [6.45, 7) is 1.01. The van der Waals surface area contributed by atoms with Crippen LogP contribution < -0.4 is 5.32 Å². The van der Waals surface area contributed by atoms with Gasteiger partial charge in [-0.05, 0) is 25.1 Å². The van der Waals surface area contributed by atoms with Gasteiger partial charge in [0.05, 0.1) is 11.1 Å². The lowest BCUT2D eigenvalue weighted by Crippen LogP contribution is -2.38. The van der Waals surface area contributed by atoms with Gasteiger partial charge < -0.3 is 10.4 Å². The Balaban J connectivity index is 3.30. The zero-order valence-corrected chi connectivity index (χ0v) is 10.8. The van der Waals surface area contributed by atoms with E-state index in [9.17, 15) is 35.9 Å².